The molecule has 1 saturated carbocycles. The third-order valence-corrected chi connectivity index (χ3v) is 4.03. The molecule has 0 bridgehead atoms. The lowest BCUT2D eigenvalue weighted by Gasteiger charge is -2.30. The molecule has 1 heterocycles. The van der Waals surface area contributed by atoms with Crippen molar-refractivity contribution in [2.45, 2.75) is 31.7 Å². The van der Waals surface area contributed by atoms with Gasteiger partial charge in [-0.25, -0.2) is 4.98 Å². The molecule has 0 spiro atoms. The van der Waals surface area contributed by atoms with Crippen LogP contribution in [-0.2, 0) is 0 Å². The van der Waals surface area contributed by atoms with E-state index in [4.69, 9.17) is 23.2 Å². The number of carbonyl (C=O) groups excluding carboxylic acids is 1. The number of hydrogen-bond donors (Lipinski definition) is 2. The SMILES string of the molecule is O=C(NC1CCCCC1CO)c1cc(Cl)ncc1Cl. The summed E-state index contributed by atoms with van der Waals surface area (Å²) in [5.74, 6) is -0.145. The molecule has 0 aromatic carbocycles. The number of nitrogens with zero attached hydrogens (tertiary/aromatic N) is 1. The first-order valence-corrected chi connectivity index (χ1v) is 7.10. The van der Waals surface area contributed by atoms with Crippen LogP contribution in [0.1, 0.15) is 36.0 Å². The summed E-state index contributed by atoms with van der Waals surface area (Å²) in [6.45, 7) is 0.0930. The molecule has 2 N–H and O–H groups in total. The Balaban J connectivity index is 2.09. The first-order chi connectivity index (χ1) is 9.11. The Bertz CT molecular complexity index is 468. The van der Waals surface area contributed by atoms with Crippen molar-refractivity contribution in [2.24, 2.45) is 5.92 Å². The molecule has 104 valence electrons. The van der Waals surface area contributed by atoms with Crippen molar-refractivity contribution >= 4 is 29.1 Å². The van der Waals surface area contributed by atoms with Crippen LogP contribution < -0.4 is 5.32 Å². The number of aromatic nitrogens is 1. The van der Waals surface area contributed by atoms with E-state index in [1.54, 1.807) is 0 Å². The summed E-state index contributed by atoms with van der Waals surface area (Å²) in [5, 5.41) is 12.8. The quantitative estimate of drug-likeness (QED) is 0.844. The molecule has 1 aliphatic carbocycles. The number of hydrogen-bond acceptors (Lipinski definition) is 3. The van der Waals surface area contributed by atoms with E-state index in [1.165, 1.54) is 12.3 Å². The number of pyridine rings is 1. The maximum atomic E-state index is 12.2. The van der Waals surface area contributed by atoms with Gasteiger partial charge in [0.2, 0.25) is 0 Å². The van der Waals surface area contributed by atoms with Gasteiger partial charge in [0, 0.05) is 24.8 Å². The predicted octanol–water partition coefficient (Wildman–Crippen LogP) is 2.67. The van der Waals surface area contributed by atoms with E-state index in [0.717, 1.165) is 25.7 Å². The van der Waals surface area contributed by atoms with Gasteiger partial charge >= 0.3 is 0 Å². The van der Waals surface area contributed by atoms with Crippen LogP contribution in [0.25, 0.3) is 0 Å². The van der Waals surface area contributed by atoms with Gasteiger partial charge in [0.1, 0.15) is 5.15 Å². The molecule has 1 aromatic rings. The maximum absolute atomic E-state index is 12.2. The Morgan fingerprint density at radius 3 is 2.89 bits per heavy atom. The Morgan fingerprint density at radius 2 is 2.16 bits per heavy atom. The highest BCUT2D eigenvalue weighted by Crippen LogP contribution is 2.25. The molecule has 4 nitrogen and oxygen atoms in total. The fraction of sp³-hybridized carbons (Fsp3) is 0.538. The molecule has 0 aliphatic heterocycles. The van der Waals surface area contributed by atoms with Gasteiger partial charge in [0.15, 0.2) is 0 Å². The van der Waals surface area contributed by atoms with Crippen LogP contribution >= 0.6 is 23.2 Å². The lowest BCUT2D eigenvalue weighted by atomic mass is 9.85. The number of aliphatic hydroxyl groups is 1. The van der Waals surface area contributed by atoms with E-state index in [2.05, 4.69) is 10.3 Å². The van der Waals surface area contributed by atoms with Gasteiger partial charge in [0.05, 0.1) is 10.6 Å². The zero-order valence-corrected chi connectivity index (χ0v) is 11.9. The topological polar surface area (TPSA) is 62.2 Å². The molecule has 2 unspecified atom stereocenters. The third kappa shape index (κ3) is 3.59. The van der Waals surface area contributed by atoms with Gasteiger partial charge in [-0.3, -0.25) is 4.79 Å². The Labute approximate surface area is 122 Å². The zero-order valence-electron chi connectivity index (χ0n) is 10.4. The number of carbonyl (C=O) groups is 1. The highest BCUT2D eigenvalue weighted by Gasteiger charge is 2.26. The molecule has 2 atom stereocenters. The number of aliphatic hydroxyl groups excluding tert-OH is 1. The van der Waals surface area contributed by atoms with Gasteiger partial charge in [-0.15, -0.1) is 0 Å². The van der Waals surface area contributed by atoms with Crippen molar-refractivity contribution in [1.29, 1.82) is 0 Å². The van der Waals surface area contributed by atoms with E-state index < -0.39 is 0 Å². The Hall–Kier alpha value is -0.840. The van der Waals surface area contributed by atoms with Gasteiger partial charge in [-0.2, -0.15) is 0 Å². The number of nitrogens with one attached hydrogen (secondary N) is 1. The fourth-order valence-electron chi connectivity index (χ4n) is 2.45. The second-order valence-corrected chi connectivity index (χ2v) is 5.59. The summed E-state index contributed by atoms with van der Waals surface area (Å²) in [5.41, 5.74) is 0.323. The summed E-state index contributed by atoms with van der Waals surface area (Å²) in [4.78, 5) is 16.0. The fourth-order valence-corrected chi connectivity index (χ4v) is 2.80. The molecule has 0 saturated heterocycles. The molecular weight excluding hydrogens is 287 g/mol. The largest absolute Gasteiger partial charge is 0.396 e. The number of halogens is 2. The van der Waals surface area contributed by atoms with Crippen LogP contribution in [-0.4, -0.2) is 28.6 Å². The molecule has 6 heteroatoms. The first-order valence-electron chi connectivity index (χ1n) is 6.34. The second-order valence-electron chi connectivity index (χ2n) is 4.79. The summed E-state index contributed by atoms with van der Waals surface area (Å²) in [7, 11) is 0. The number of rotatable bonds is 3. The summed E-state index contributed by atoms with van der Waals surface area (Å²) >= 11 is 11.7. The minimum atomic E-state index is -0.264. The Kier molecular flexibility index (Phi) is 5.02. The van der Waals surface area contributed by atoms with Crippen molar-refractivity contribution in [1.82, 2.24) is 10.3 Å². The summed E-state index contributed by atoms with van der Waals surface area (Å²) < 4.78 is 0. The third-order valence-electron chi connectivity index (χ3n) is 3.53. The smallest absolute Gasteiger partial charge is 0.253 e. The van der Waals surface area contributed by atoms with E-state index >= 15 is 0 Å². The zero-order chi connectivity index (χ0) is 13.8. The molecule has 0 radical (unpaired) electrons. The van der Waals surface area contributed by atoms with Crippen LogP contribution in [0.2, 0.25) is 10.2 Å². The monoisotopic (exact) mass is 302 g/mol. The van der Waals surface area contributed by atoms with E-state index in [1.807, 2.05) is 0 Å². The summed E-state index contributed by atoms with van der Waals surface area (Å²) in [6, 6.07) is 1.45. The van der Waals surface area contributed by atoms with Crippen LogP contribution in [0.15, 0.2) is 12.3 Å². The van der Waals surface area contributed by atoms with Crippen LogP contribution in [0.4, 0.5) is 0 Å². The second kappa shape index (κ2) is 6.55. The van der Waals surface area contributed by atoms with Crippen molar-refractivity contribution in [3.8, 4) is 0 Å². The number of amides is 1. The van der Waals surface area contributed by atoms with Gasteiger partial charge in [0.25, 0.3) is 5.91 Å². The predicted molar refractivity (Wildman–Crippen MR) is 74.6 cm³/mol. The van der Waals surface area contributed by atoms with E-state index in [0.29, 0.717) is 5.56 Å². The van der Waals surface area contributed by atoms with E-state index in [9.17, 15) is 9.90 Å². The molecule has 2 rings (SSSR count). The average Bonchev–Trinajstić information content (AvgIpc) is 2.42. The Morgan fingerprint density at radius 1 is 1.42 bits per heavy atom. The van der Waals surface area contributed by atoms with Crippen molar-refractivity contribution < 1.29 is 9.90 Å². The summed E-state index contributed by atoms with van der Waals surface area (Å²) in [6.07, 6.45) is 5.34. The highest BCUT2D eigenvalue weighted by molar-refractivity contribution is 6.35. The first kappa shape index (κ1) is 14.6. The average molecular weight is 303 g/mol. The van der Waals surface area contributed by atoms with E-state index in [-0.39, 0.29) is 34.6 Å². The highest BCUT2D eigenvalue weighted by atomic mass is 35.5. The van der Waals surface area contributed by atoms with Crippen LogP contribution in [0, 0.1) is 5.92 Å². The molecule has 1 aromatic heterocycles. The molecule has 1 amide bonds. The lowest BCUT2D eigenvalue weighted by molar-refractivity contribution is 0.0872. The molecule has 19 heavy (non-hydrogen) atoms. The van der Waals surface area contributed by atoms with Gasteiger partial charge < -0.3 is 10.4 Å². The van der Waals surface area contributed by atoms with Gasteiger partial charge in [-0.1, -0.05) is 36.0 Å². The lowest BCUT2D eigenvalue weighted by Crippen LogP contribution is -2.43. The minimum Gasteiger partial charge on any atom is -0.396 e. The van der Waals surface area contributed by atoms with Gasteiger partial charge in [-0.05, 0) is 18.9 Å². The normalized spacial score (nSPS) is 23.1. The van der Waals surface area contributed by atoms with Crippen molar-refractivity contribution in [2.75, 3.05) is 6.61 Å². The molecular formula is C13H16Cl2N2O2. The standard InChI is InChI=1S/C13H16Cl2N2O2/c14-10-6-16-12(15)5-9(10)13(19)17-11-4-2-1-3-8(11)7-18/h5-6,8,11,18H,1-4,7H2,(H,17,19). The maximum Gasteiger partial charge on any atom is 0.253 e. The minimum absolute atomic E-state index is 0.00532. The van der Waals surface area contributed by atoms with Crippen molar-refractivity contribution in [3.63, 3.8) is 0 Å². The van der Waals surface area contributed by atoms with Crippen LogP contribution in [0.5, 0.6) is 0 Å². The molecule has 1 aliphatic rings. The van der Waals surface area contributed by atoms with Crippen LogP contribution in [0.3, 0.4) is 0 Å². The van der Waals surface area contributed by atoms with Crippen molar-refractivity contribution in [3.05, 3.63) is 28.0 Å². The molecule has 1 fully saturated rings.